The summed E-state index contributed by atoms with van der Waals surface area (Å²) in [7, 11) is 0. The van der Waals surface area contributed by atoms with Crippen LogP contribution in [0.25, 0.3) is 10.8 Å². The number of benzene rings is 1. The fourth-order valence-electron chi connectivity index (χ4n) is 1.93. The van der Waals surface area contributed by atoms with Gasteiger partial charge in [0.25, 0.3) is 0 Å². The molecule has 0 aliphatic rings. The number of rotatable bonds is 5. The van der Waals surface area contributed by atoms with Crippen LogP contribution in [0.2, 0.25) is 0 Å². The summed E-state index contributed by atoms with van der Waals surface area (Å²) in [4.78, 5) is 4.29. The van der Waals surface area contributed by atoms with E-state index >= 15 is 0 Å². The Morgan fingerprint density at radius 2 is 2.00 bits per heavy atom. The van der Waals surface area contributed by atoms with Crippen molar-refractivity contribution >= 4 is 10.8 Å². The van der Waals surface area contributed by atoms with Crippen LogP contribution in [0.3, 0.4) is 0 Å². The molecular weight excluding hydrogens is 208 g/mol. The molecule has 90 valence electrons. The van der Waals surface area contributed by atoms with Crippen LogP contribution >= 0.6 is 0 Å². The summed E-state index contributed by atoms with van der Waals surface area (Å²) >= 11 is 0. The topological polar surface area (TPSA) is 24.9 Å². The van der Waals surface area contributed by atoms with Gasteiger partial charge in [0.15, 0.2) is 0 Å². The molecule has 1 aromatic carbocycles. The van der Waals surface area contributed by atoms with Gasteiger partial charge in [0.1, 0.15) is 0 Å². The minimum atomic E-state index is 0.758. The van der Waals surface area contributed by atoms with Crippen molar-refractivity contribution < 1.29 is 0 Å². The van der Waals surface area contributed by atoms with Crippen LogP contribution in [0.1, 0.15) is 25.8 Å². The smallest absolute Gasteiger partial charge is 0.0346 e. The highest BCUT2D eigenvalue weighted by atomic mass is 14.8. The fourth-order valence-corrected chi connectivity index (χ4v) is 1.93. The summed E-state index contributed by atoms with van der Waals surface area (Å²) in [6, 6.07) is 8.41. The Morgan fingerprint density at radius 3 is 2.82 bits per heavy atom. The van der Waals surface area contributed by atoms with Gasteiger partial charge in [-0.05, 0) is 29.8 Å². The SMILES string of the molecule is CC(C)CCNCc1cncc2ccccc12. The van der Waals surface area contributed by atoms with Gasteiger partial charge >= 0.3 is 0 Å². The van der Waals surface area contributed by atoms with Gasteiger partial charge in [0.2, 0.25) is 0 Å². The summed E-state index contributed by atoms with van der Waals surface area (Å²) in [5.41, 5.74) is 1.28. The van der Waals surface area contributed by atoms with E-state index in [9.17, 15) is 0 Å². The number of fused-ring (bicyclic) bond motifs is 1. The number of hydrogen-bond acceptors (Lipinski definition) is 2. The molecule has 0 saturated carbocycles. The maximum atomic E-state index is 4.29. The lowest BCUT2D eigenvalue weighted by Gasteiger charge is -2.09. The van der Waals surface area contributed by atoms with Crippen LogP contribution in [-0.4, -0.2) is 11.5 Å². The van der Waals surface area contributed by atoms with Crippen molar-refractivity contribution in [3.63, 3.8) is 0 Å². The lowest BCUT2D eigenvalue weighted by Crippen LogP contribution is -2.16. The highest BCUT2D eigenvalue weighted by molar-refractivity contribution is 5.84. The number of nitrogens with zero attached hydrogens (tertiary/aromatic N) is 1. The van der Waals surface area contributed by atoms with Crippen LogP contribution in [-0.2, 0) is 6.54 Å². The first-order chi connectivity index (χ1) is 8.27. The van der Waals surface area contributed by atoms with Crippen molar-refractivity contribution in [1.82, 2.24) is 10.3 Å². The summed E-state index contributed by atoms with van der Waals surface area (Å²) < 4.78 is 0. The Morgan fingerprint density at radius 1 is 1.18 bits per heavy atom. The van der Waals surface area contributed by atoms with E-state index in [0.717, 1.165) is 19.0 Å². The molecule has 0 radical (unpaired) electrons. The lowest BCUT2D eigenvalue weighted by atomic mass is 10.1. The van der Waals surface area contributed by atoms with E-state index in [1.807, 2.05) is 12.4 Å². The number of aromatic nitrogens is 1. The van der Waals surface area contributed by atoms with Crippen LogP contribution in [0, 0.1) is 5.92 Å². The van der Waals surface area contributed by atoms with Crippen molar-refractivity contribution in [3.8, 4) is 0 Å². The van der Waals surface area contributed by atoms with Gasteiger partial charge in [-0.25, -0.2) is 0 Å². The molecule has 0 spiro atoms. The Hall–Kier alpha value is -1.41. The third-order valence-electron chi connectivity index (χ3n) is 2.96. The highest BCUT2D eigenvalue weighted by Gasteiger charge is 2.00. The molecule has 0 saturated heterocycles. The second-order valence-corrected chi connectivity index (χ2v) is 4.88. The first kappa shape index (κ1) is 12.1. The van der Waals surface area contributed by atoms with Gasteiger partial charge in [0.05, 0.1) is 0 Å². The van der Waals surface area contributed by atoms with Gasteiger partial charge in [-0.2, -0.15) is 0 Å². The predicted molar refractivity (Wildman–Crippen MR) is 72.9 cm³/mol. The van der Waals surface area contributed by atoms with Crippen LogP contribution in [0.5, 0.6) is 0 Å². The minimum absolute atomic E-state index is 0.758. The molecule has 2 nitrogen and oxygen atoms in total. The third kappa shape index (κ3) is 3.27. The van der Waals surface area contributed by atoms with E-state index in [4.69, 9.17) is 0 Å². The van der Waals surface area contributed by atoms with E-state index < -0.39 is 0 Å². The Bertz CT molecular complexity index is 472. The molecule has 2 aromatic rings. The predicted octanol–water partition coefficient (Wildman–Crippen LogP) is 3.37. The second-order valence-electron chi connectivity index (χ2n) is 4.88. The summed E-state index contributed by atoms with van der Waals surface area (Å²) in [6.07, 6.45) is 5.11. The van der Waals surface area contributed by atoms with E-state index in [2.05, 4.69) is 48.4 Å². The lowest BCUT2D eigenvalue weighted by molar-refractivity contribution is 0.538. The molecule has 0 aliphatic heterocycles. The van der Waals surface area contributed by atoms with Crippen molar-refractivity contribution in [3.05, 3.63) is 42.2 Å². The summed E-state index contributed by atoms with van der Waals surface area (Å²) in [6.45, 7) is 6.48. The normalized spacial score (nSPS) is 11.2. The number of hydrogen-bond donors (Lipinski definition) is 1. The van der Waals surface area contributed by atoms with Gasteiger partial charge in [0, 0.05) is 24.3 Å². The minimum Gasteiger partial charge on any atom is -0.313 e. The first-order valence-corrected chi connectivity index (χ1v) is 6.29. The molecule has 1 aromatic heterocycles. The Balaban J connectivity index is 2.03. The van der Waals surface area contributed by atoms with E-state index in [0.29, 0.717) is 0 Å². The molecule has 1 N–H and O–H groups in total. The van der Waals surface area contributed by atoms with Crippen LogP contribution in [0.15, 0.2) is 36.7 Å². The van der Waals surface area contributed by atoms with Crippen molar-refractivity contribution in [2.45, 2.75) is 26.8 Å². The molecule has 0 amide bonds. The molecule has 1 heterocycles. The second kappa shape index (κ2) is 5.78. The van der Waals surface area contributed by atoms with Gasteiger partial charge in [-0.15, -0.1) is 0 Å². The van der Waals surface area contributed by atoms with Gasteiger partial charge in [-0.1, -0.05) is 38.1 Å². The molecule has 0 bridgehead atoms. The highest BCUT2D eigenvalue weighted by Crippen LogP contribution is 2.16. The number of pyridine rings is 1. The van der Waals surface area contributed by atoms with Crippen LogP contribution < -0.4 is 5.32 Å². The molecule has 0 fully saturated rings. The average Bonchev–Trinajstić information content (AvgIpc) is 2.34. The van der Waals surface area contributed by atoms with Crippen molar-refractivity contribution in [1.29, 1.82) is 0 Å². The van der Waals surface area contributed by atoms with Gasteiger partial charge in [-0.3, -0.25) is 4.98 Å². The zero-order chi connectivity index (χ0) is 12.1. The fraction of sp³-hybridized carbons (Fsp3) is 0.400. The quantitative estimate of drug-likeness (QED) is 0.794. The Labute approximate surface area is 103 Å². The molecule has 2 rings (SSSR count). The van der Waals surface area contributed by atoms with Gasteiger partial charge < -0.3 is 5.32 Å². The molecule has 17 heavy (non-hydrogen) atoms. The summed E-state index contributed by atoms with van der Waals surface area (Å²) in [5.74, 6) is 0.758. The summed E-state index contributed by atoms with van der Waals surface area (Å²) in [5, 5.41) is 6.01. The van der Waals surface area contributed by atoms with E-state index in [-0.39, 0.29) is 0 Å². The molecule has 0 aliphatic carbocycles. The monoisotopic (exact) mass is 228 g/mol. The van der Waals surface area contributed by atoms with E-state index in [1.54, 1.807) is 0 Å². The molecule has 2 heteroatoms. The van der Waals surface area contributed by atoms with Crippen molar-refractivity contribution in [2.24, 2.45) is 5.92 Å². The van der Waals surface area contributed by atoms with E-state index in [1.165, 1.54) is 22.8 Å². The first-order valence-electron chi connectivity index (χ1n) is 6.29. The number of nitrogens with one attached hydrogen (secondary N) is 1. The molecule has 0 unspecified atom stereocenters. The maximum absolute atomic E-state index is 4.29. The molecular formula is C15H20N2. The van der Waals surface area contributed by atoms with Crippen LogP contribution in [0.4, 0.5) is 0 Å². The van der Waals surface area contributed by atoms with Crippen molar-refractivity contribution in [2.75, 3.05) is 6.54 Å². The zero-order valence-electron chi connectivity index (χ0n) is 10.6. The third-order valence-corrected chi connectivity index (χ3v) is 2.96. The Kier molecular flexibility index (Phi) is 4.10. The molecule has 0 atom stereocenters. The zero-order valence-corrected chi connectivity index (χ0v) is 10.6. The average molecular weight is 228 g/mol. The maximum Gasteiger partial charge on any atom is 0.0346 e. The standard InChI is InChI=1S/C15H20N2/c1-12(2)7-8-16-10-14-11-17-9-13-5-3-4-6-15(13)14/h3-6,9,11-12,16H,7-8,10H2,1-2H3. The largest absolute Gasteiger partial charge is 0.313 e.